The van der Waals surface area contributed by atoms with Crippen molar-refractivity contribution in [2.24, 2.45) is 0 Å². The van der Waals surface area contributed by atoms with Crippen molar-refractivity contribution >= 4 is 29.2 Å². The second-order valence-electron chi connectivity index (χ2n) is 11.9. The van der Waals surface area contributed by atoms with Crippen LogP contribution < -0.4 is 33.0 Å². The Labute approximate surface area is 357 Å². The van der Waals surface area contributed by atoms with Gasteiger partial charge in [-0.1, -0.05) is 18.2 Å². The van der Waals surface area contributed by atoms with Crippen LogP contribution in [0, 0.1) is 135 Å². The molecule has 0 bridgehead atoms. The Morgan fingerprint density at radius 3 is 1.35 bits per heavy atom. The molecule has 4 aromatic rings. The number of carbonyl (C=O) groups is 2. The van der Waals surface area contributed by atoms with E-state index in [9.17, 15) is 24.0 Å². The number of methoxy groups -OCH3 is 1. The van der Waals surface area contributed by atoms with Gasteiger partial charge in [0.2, 0.25) is 0 Å². The molecule has 0 radical (unpaired) electrons. The third-order valence-electron chi connectivity index (χ3n) is 7.84. The third kappa shape index (κ3) is 13.0. The van der Waals surface area contributed by atoms with Gasteiger partial charge in [-0.25, -0.2) is 37.7 Å². The Kier molecular flexibility index (Phi) is 17.5. The number of hydrogen-bond donors (Lipinski definition) is 3. The molecule has 0 unspecified atom stereocenters. The van der Waals surface area contributed by atoms with Crippen molar-refractivity contribution in [3.05, 3.63) is 110 Å². The summed E-state index contributed by atoms with van der Waals surface area (Å²) in [7, 11) is 1.50. The number of hydrogen-bond acceptors (Lipinski definition) is 9. The molecule has 14 nitrogen and oxygen atoms in total. The summed E-state index contributed by atoms with van der Waals surface area (Å²) in [4.78, 5) is 68.0. The summed E-state index contributed by atoms with van der Waals surface area (Å²) < 4.78 is 17.3. The number of amides is 2. The summed E-state index contributed by atoms with van der Waals surface area (Å²) in [5, 5.41) is 8.16. The molecule has 1 heterocycles. The van der Waals surface area contributed by atoms with Crippen LogP contribution in [0.2, 0.25) is 0 Å². The Bertz CT molecular complexity index is 3220. The fourth-order valence-corrected chi connectivity index (χ4v) is 4.98. The van der Waals surface area contributed by atoms with Gasteiger partial charge in [0.05, 0.1) is 17.1 Å². The SMILES string of the molecule is C#CC#CC#CC#CC#CC#CC#CC#CC#COC(=O)Nc1cc(-n2c(=O)n(-c3ccc(C)c(NCOC)c3)c(=O)n(-c3ccc(C)c(NC(=O)OC[CH2-])c3)c2=O)ccc1C.[Rf]. The number of nitrogens with zero attached hydrogens (tertiary/aromatic N) is 3. The minimum absolute atomic E-state index is 0. The largest absolute Gasteiger partial charge is 0.482 e. The first-order valence-corrected chi connectivity index (χ1v) is 17.7. The van der Waals surface area contributed by atoms with E-state index in [1.165, 1.54) is 31.4 Å². The molecule has 0 aliphatic carbocycles. The number of anilines is 3. The summed E-state index contributed by atoms with van der Waals surface area (Å²) in [6.07, 6.45) is 5.29. The Balaban J connectivity index is 0.0000106. The van der Waals surface area contributed by atoms with Crippen LogP contribution in [0.25, 0.3) is 17.1 Å². The summed E-state index contributed by atoms with van der Waals surface area (Å²) in [5.41, 5.74) is -0.172. The predicted octanol–water partition coefficient (Wildman–Crippen LogP) is 3.63. The minimum Gasteiger partial charge on any atom is -0.482 e. The quantitative estimate of drug-likeness (QED) is 0.129. The van der Waals surface area contributed by atoms with Gasteiger partial charge in [-0.15, -0.1) is 6.42 Å². The van der Waals surface area contributed by atoms with Crippen molar-refractivity contribution in [2.45, 2.75) is 20.8 Å². The molecular formula is C48H31N6O8Rf-. The maximum absolute atomic E-state index is 14.4. The van der Waals surface area contributed by atoms with Gasteiger partial charge in [-0.05, 0) is 128 Å². The molecule has 0 atom stereocenters. The minimum atomic E-state index is -1.06. The van der Waals surface area contributed by atoms with E-state index in [0.717, 1.165) is 19.3 Å². The first-order chi connectivity index (χ1) is 30.0. The van der Waals surface area contributed by atoms with Crippen molar-refractivity contribution in [1.29, 1.82) is 0 Å². The monoisotopic (exact) mass is 1090 g/mol. The average Bonchev–Trinajstić information content (AvgIpc) is 3.24. The van der Waals surface area contributed by atoms with Crippen LogP contribution in [-0.4, -0.2) is 46.3 Å². The van der Waals surface area contributed by atoms with Gasteiger partial charge >= 0.3 is 29.3 Å². The fourth-order valence-electron chi connectivity index (χ4n) is 4.98. The number of aryl methyl sites for hydroxylation is 3. The van der Waals surface area contributed by atoms with Gasteiger partial charge in [-0.3, -0.25) is 10.6 Å². The van der Waals surface area contributed by atoms with E-state index in [2.05, 4.69) is 124 Å². The molecule has 0 aliphatic heterocycles. The van der Waals surface area contributed by atoms with Gasteiger partial charge in [0.25, 0.3) is 0 Å². The number of carbonyl (C=O) groups excluding carboxylic acids is 2. The smallest absolute Gasteiger partial charge is 0.425 e. The molecule has 1 aromatic heterocycles. The summed E-state index contributed by atoms with van der Waals surface area (Å²) in [5.74, 6) is 38.5. The number of terminal acetylenes is 1. The van der Waals surface area contributed by atoms with Crippen LogP contribution in [0.5, 0.6) is 0 Å². The summed E-state index contributed by atoms with van der Waals surface area (Å²) in [6, 6.07) is 13.6. The molecule has 0 saturated carbocycles. The molecule has 0 spiro atoms. The van der Waals surface area contributed by atoms with E-state index in [0.29, 0.717) is 16.8 Å². The van der Waals surface area contributed by atoms with E-state index in [4.69, 9.17) is 20.6 Å². The topological polar surface area (TPSA) is 164 Å². The second kappa shape index (κ2) is 23.6. The van der Waals surface area contributed by atoms with Crippen LogP contribution in [-0.2, 0) is 14.2 Å². The van der Waals surface area contributed by atoms with E-state index in [-0.39, 0.29) is 41.8 Å². The maximum Gasteiger partial charge on any atom is 0.425 e. The number of aromatic nitrogens is 3. The molecular weight excluding hydrogens is 1060 g/mol. The van der Waals surface area contributed by atoms with Crippen molar-refractivity contribution < 1.29 is 23.8 Å². The normalized spacial score (nSPS) is 8.70. The van der Waals surface area contributed by atoms with Crippen LogP contribution in [0.4, 0.5) is 26.7 Å². The van der Waals surface area contributed by atoms with Crippen LogP contribution >= 0.6 is 0 Å². The van der Waals surface area contributed by atoms with Gasteiger partial charge in [0.15, 0.2) is 0 Å². The zero-order valence-electron chi connectivity index (χ0n) is 34.2. The van der Waals surface area contributed by atoms with E-state index >= 15 is 0 Å². The number of ether oxygens (including phenoxy) is 3. The molecule has 2 amide bonds. The standard InChI is InChI=1S/C48H31N6O8.Rf/c1-7-9-10-11-12-13-14-15-16-17-18-19-20-21-22-23-30-62-45(56)51-43-33-40(29-26-37(43)5)54-47(58)52(38-27-24-35(3)41(31-38)49-34-60-6)46(57)53(48(54)59)39-28-25-36(4)42(32-39)50-44(55)61-8-2;/h1,24-29,31-33,49H,2,8,34H2,3-6H3,(H,50,55)(H,51,56);/q-1;. The maximum atomic E-state index is 14.4. The van der Waals surface area contributed by atoms with E-state index in [1.54, 1.807) is 44.2 Å². The van der Waals surface area contributed by atoms with Crippen LogP contribution in [0.1, 0.15) is 16.7 Å². The Morgan fingerprint density at radius 1 is 0.587 bits per heavy atom. The zero-order chi connectivity index (χ0) is 44.9. The van der Waals surface area contributed by atoms with Gasteiger partial charge < -0.3 is 26.5 Å². The molecule has 0 aliphatic rings. The van der Waals surface area contributed by atoms with Gasteiger partial charge in [-0.2, -0.15) is 0 Å². The number of nitrogens with one attached hydrogen (secondary N) is 3. The number of rotatable bonds is 9. The molecule has 3 N–H and O–H groups in total. The van der Waals surface area contributed by atoms with Crippen molar-refractivity contribution in [3.8, 4) is 124 Å². The van der Waals surface area contributed by atoms with Crippen molar-refractivity contribution in [3.63, 3.8) is 0 Å². The van der Waals surface area contributed by atoms with Crippen LogP contribution in [0.15, 0.2) is 69.0 Å². The Hall–Kier alpha value is -10.6. The van der Waals surface area contributed by atoms with Gasteiger partial charge in [0.1, 0.15) is 12.8 Å². The van der Waals surface area contributed by atoms with Gasteiger partial charge in [0, 0.05) is 71.5 Å². The Morgan fingerprint density at radius 2 is 0.952 bits per heavy atom. The number of benzene rings is 3. The molecule has 0 fully saturated rings. The molecule has 0 saturated heterocycles. The predicted molar refractivity (Wildman–Crippen MR) is 234 cm³/mol. The molecule has 304 valence electrons. The second-order valence-corrected chi connectivity index (χ2v) is 11.9. The summed E-state index contributed by atoms with van der Waals surface area (Å²) in [6.45, 7) is 8.65. The first-order valence-electron chi connectivity index (χ1n) is 17.7. The van der Waals surface area contributed by atoms with Crippen molar-refractivity contribution in [2.75, 3.05) is 36.4 Å². The average molecular weight is 1090 g/mol. The molecule has 4 rings (SSSR count). The summed E-state index contributed by atoms with van der Waals surface area (Å²) >= 11 is 0. The first kappa shape index (κ1) is 46.8. The molecule has 3 aromatic carbocycles. The van der Waals surface area contributed by atoms with E-state index in [1.807, 2.05) is 6.92 Å². The van der Waals surface area contributed by atoms with Crippen LogP contribution in [0.3, 0.4) is 0 Å². The van der Waals surface area contributed by atoms with E-state index < -0.39 is 29.3 Å². The third-order valence-corrected chi connectivity index (χ3v) is 7.84. The molecule has 15 heteroatoms. The fraction of sp³-hybridized carbons (Fsp3) is 0.125. The van der Waals surface area contributed by atoms with Crippen molar-refractivity contribution in [1.82, 2.24) is 13.7 Å². The molecule has 63 heavy (non-hydrogen) atoms. The zero-order valence-corrected chi connectivity index (χ0v) is 40.6.